The first-order chi connectivity index (χ1) is 12.9. The Kier molecular flexibility index (Phi) is 6.94. The SMILES string of the molecule is CC=C(C(=O)OC)c1ccccc1COc1cc(C)c(C(=O)CC)cc1C. The van der Waals surface area contributed by atoms with E-state index in [0.29, 0.717) is 18.6 Å². The summed E-state index contributed by atoms with van der Waals surface area (Å²) in [4.78, 5) is 24.1. The van der Waals surface area contributed by atoms with Crippen molar-refractivity contribution in [3.63, 3.8) is 0 Å². The van der Waals surface area contributed by atoms with Crippen molar-refractivity contribution in [2.24, 2.45) is 0 Å². The van der Waals surface area contributed by atoms with E-state index in [-0.39, 0.29) is 11.8 Å². The molecule has 0 aliphatic rings. The van der Waals surface area contributed by atoms with E-state index < -0.39 is 0 Å². The molecular weight excluding hydrogens is 340 g/mol. The van der Waals surface area contributed by atoms with Crippen molar-refractivity contribution in [2.45, 2.75) is 40.7 Å². The smallest absolute Gasteiger partial charge is 0.338 e. The summed E-state index contributed by atoms with van der Waals surface area (Å²) in [6, 6.07) is 11.4. The Bertz CT molecular complexity index is 878. The first-order valence-corrected chi connectivity index (χ1v) is 9.03. The first kappa shape index (κ1) is 20.4. The second-order valence-corrected chi connectivity index (χ2v) is 6.35. The number of hydrogen-bond acceptors (Lipinski definition) is 4. The molecule has 0 amide bonds. The average Bonchev–Trinajstić information content (AvgIpc) is 2.68. The van der Waals surface area contributed by atoms with Crippen LogP contribution in [0.2, 0.25) is 0 Å². The van der Waals surface area contributed by atoms with Crippen LogP contribution in [0, 0.1) is 13.8 Å². The zero-order valence-electron chi connectivity index (χ0n) is 16.6. The lowest BCUT2D eigenvalue weighted by Crippen LogP contribution is -2.08. The van der Waals surface area contributed by atoms with Gasteiger partial charge in [-0.05, 0) is 55.2 Å². The summed E-state index contributed by atoms with van der Waals surface area (Å²) < 4.78 is 10.9. The predicted molar refractivity (Wildman–Crippen MR) is 107 cm³/mol. The van der Waals surface area contributed by atoms with Gasteiger partial charge in [0.2, 0.25) is 0 Å². The van der Waals surface area contributed by atoms with E-state index in [1.807, 2.05) is 57.2 Å². The maximum absolute atomic E-state index is 12.0. The summed E-state index contributed by atoms with van der Waals surface area (Å²) in [7, 11) is 1.37. The molecule has 0 aromatic heterocycles. The van der Waals surface area contributed by atoms with Crippen LogP contribution in [0.15, 0.2) is 42.5 Å². The highest BCUT2D eigenvalue weighted by Gasteiger charge is 2.16. The van der Waals surface area contributed by atoms with E-state index in [0.717, 1.165) is 33.6 Å². The van der Waals surface area contributed by atoms with Gasteiger partial charge in [-0.3, -0.25) is 4.79 Å². The molecule has 0 radical (unpaired) electrons. The first-order valence-electron chi connectivity index (χ1n) is 9.03. The number of ether oxygens (including phenoxy) is 2. The van der Waals surface area contributed by atoms with Crippen LogP contribution < -0.4 is 4.74 Å². The molecule has 0 aliphatic heterocycles. The molecule has 0 spiro atoms. The topological polar surface area (TPSA) is 52.6 Å². The van der Waals surface area contributed by atoms with Gasteiger partial charge in [0.15, 0.2) is 5.78 Å². The molecule has 0 bridgehead atoms. The molecule has 0 aliphatic carbocycles. The Balaban J connectivity index is 2.29. The number of ketones is 1. The third-order valence-electron chi connectivity index (χ3n) is 4.53. The van der Waals surface area contributed by atoms with Crippen LogP contribution in [0.1, 0.15) is 52.9 Å². The summed E-state index contributed by atoms with van der Waals surface area (Å²) in [6.07, 6.45) is 2.22. The third-order valence-corrected chi connectivity index (χ3v) is 4.53. The Morgan fingerprint density at radius 2 is 1.74 bits per heavy atom. The van der Waals surface area contributed by atoms with Gasteiger partial charge in [-0.2, -0.15) is 0 Å². The average molecular weight is 366 g/mol. The molecule has 2 rings (SSSR count). The van der Waals surface area contributed by atoms with E-state index in [9.17, 15) is 9.59 Å². The Morgan fingerprint density at radius 3 is 2.37 bits per heavy atom. The van der Waals surface area contributed by atoms with Gasteiger partial charge in [0.05, 0.1) is 12.7 Å². The van der Waals surface area contributed by atoms with Gasteiger partial charge in [0.25, 0.3) is 0 Å². The highest BCUT2D eigenvalue weighted by Crippen LogP contribution is 2.27. The quantitative estimate of drug-likeness (QED) is 0.391. The van der Waals surface area contributed by atoms with E-state index in [1.54, 1.807) is 13.0 Å². The number of aryl methyl sites for hydroxylation is 2. The van der Waals surface area contributed by atoms with Gasteiger partial charge in [-0.1, -0.05) is 37.3 Å². The Hall–Kier alpha value is -2.88. The summed E-state index contributed by atoms with van der Waals surface area (Å²) in [5.74, 6) is 0.484. The second kappa shape index (κ2) is 9.17. The molecular formula is C23H26O4. The fourth-order valence-electron chi connectivity index (χ4n) is 2.99. The molecule has 0 heterocycles. The van der Waals surface area contributed by atoms with Crippen molar-refractivity contribution in [1.82, 2.24) is 0 Å². The minimum absolute atomic E-state index is 0.128. The van der Waals surface area contributed by atoms with Crippen LogP contribution >= 0.6 is 0 Å². The van der Waals surface area contributed by atoms with Crippen molar-refractivity contribution < 1.29 is 19.1 Å². The lowest BCUT2D eigenvalue weighted by atomic mass is 9.99. The van der Waals surface area contributed by atoms with Gasteiger partial charge in [-0.15, -0.1) is 0 Å². The van der Waals surface area contributed by atoms with Crippen LogP contribution in [0.3, 0.4) is 0 Å². The summed E-state index contributed by atoms with van der Waals surface area (Å²) in [5, 5.41) is 0. The van der Waals surface area contributed by atoms with Crippen LogP contribution in [0.5, 0.6) is 5.75 Å². The van der Waals surface area contributed by atoms with Crippen molar-refractivity contribution in [3.05, 3.63) is 70.3 Å². The molecule has 142 valence electrons. The van der Waals surface area contributed by atoms with E-state index >= 15 is 0 Å². The van der Waals surface area contributed by atoms with Crippen LogP contribution in [-0.4, -0.2) is 18.9 Å². The number of Topliss-reactive ketones (excluding diaryl/α,β-unsaturated/α-hetero) is 1. The normalized spacial score (nSPS) is 11.2. The van der Waals surface area contributed by atoms with Crippen LogP contribution in [0.4, 0.5) is 0 Å². The second-order valence-electron chi connectivity index (χ2n) is 6.35. The molecule has 0 saturated carbocycles. The van der Waals surface area contributed by atoms with Crippen molar-refractivity contribution >= 4 is 17.3 Å². The number of carbonyl (C=O) groups excluding carboxylic acids is 2. The molecule has 0 unspecified atom stereocenters. The van der Waals surface area contributed by atoms with Gasteiger partial charge < -0.3 is 9.47 Å². The van der Waals surface area contributed by atoms with Crippen LogP contribution in [-0.2, 0) is 16.1 Å². The Morgan fingerprint density at radius 1 is 1.04 bits per heavy atom. The molecule has 0 N–H and O–H groups in total. The predicted octanol–water partition coefficient (Wildman–Crippen LogP) is 5.05. The minimum atomic E-state index is -0.376. The highest BCUT2D eigenvalue weighted by molar-refractivity contribution is 6.16. The van der Waals surface area contributed by atoms with Crippen LogP contribution in [0.25, 0.3) is 5.57 Å². The number of benzene rings is 2. The molecule has 4 heteroatoms. The van der Waals surface area contributed by atoms with E-state index in [4.69, 9.17) is 9.47 Å². The lowest BCUT2D eigenvalue weighted by molar-refractivity contribution is -0.133. The van der Waals surface area contributed by atoms with Crippen molar-refractivity contribution in [1.29, 1.82) is 0 Å². The molecule has 4 nitrogen and oxygen atoms in total. The molecule has 0 saturated heterocycles. The van der Waals surface area contributed by atoms with Crippen molar-refractivity contribution in [3.8, 4) is 5.75 Å². The van der Waals surface area contributed by atoms with Gasteiger partial charge in [0.1, 0.15) is 12.4 Å². The minimum Gasteiger partial charge on any atom is -0.489 e. The number of methoxy groups -OCH3 is 1. The largest absolute Gasteiger partial charge is 0.489 e. The fraction of sp³-hybridized carbons (Fsp3) is 0.304. The summed E-state index contributed by atoms with van der Waals surface area (Å²) in [6.45, 7) is 7.82. The number of carbonyl (C=O) groups is 2. The zero-order valence-corrected chi connectivity index (χ0v) is 16.6. The molecule has 0 fully saturated rings. The third kappa shape index (κ3) is 4.64. The van der Waals surface area contributed by atoms with E-state index in [1.165, 1.54) is 7.11 Å². The maximum atomic E-state index is 12.0. The molecule has 2 aromatic carbocycles. The maximum Gasteiger partial charge on any atom is 0.338 e. The fourth-order valence-corrected chi connectivity index (χ4v) is 2.99. The van der Waals surface area contributed by atoms with Gasteiger partial charge in [0, 0.05) is 12.0 Å². The Labute approximate surface area is 160 Å². The molecule has 0 atom stereocenters. The number of esters is 1. The summed E-state index contributed by atoms with van der Waals surface area (Å²) in [5.41, 5.74) is 4.74. The summed E-state index contributed by atoms with van der Waals surface area (Å²) >= 11 is 0. The lowest BCUT2D eigenvalue weighted by Gasteiger charge is -2.15. The molecule has 2 aromatic rings. The number of allylic oxidation sites excluding steroid dienone is 1. The number of rotatable bonds is 7. The monoisotopic (exact) mass is 366 g/mol. The number of hydrogen-bond donors (Lipinski definition) is 0. The van der Waals surface area contributed by atoms with E-state index in [2.05, 4.69) is 0 Å². The van der Waals surface area contributed by atoms with Gasteiger partial charge >= 0.3 is 5.97 Å². The molecule has 27 heavy (non-hydrogen) atoms. The van der Waals surface area contributed by atoms with Crippen molar-refractivity contribution in [2.75, 3.05) is 7.11 Å². The standard InChI is InChI=1S/C23H26O4/c1-6-18(23(25)26-5)19-11-9-8-10-17(19)14-27-22-13-15(3)20(12-16(22)4)21(24)7-2/h6,8-13H,7,14H2,1-5H3. The zero-order chi connectivity index (χ0) is 20.0. The highest BCUT2D eigenvalue weighted by atomic mass is 16.5. The van der Waals surface area contributed by atoms with Gasteiger partial charge in [-0.25, -0.2) is 4.79 Å².